The molecule has 0 bridgehead atoms. The van der Waals surface area contributed by atoms with Gasteiger partial charge in [-0.2, -0.15) is 0 Å². The van der Waals surface area contributed by atoms with Gasteiger partial charge in [-0.15, -0.1) is 10.2 Å². The standard InChI is InChI=1S/C24H29ClN4OS/c1-4-5-6-10-23(30)26-15-22-27-28-24(31-16-19-9-7-8-17(2)13-19)29(22)21-14-20(25)12-11-18(21)3/h7-9,11-14H,4-6,10,15-16H2,1-3H3,(H,26,30). The fraction of sp³-hybridized carbons (Fsp3) is 0.375. The minimum atomic E-state index is 0.0415. The van der Waals surface area contributed by atoms with Gasteiger partial charge >= 0.3 is 0 Å². The zero-order chi connectivity index (χ0) is 22.2. The molecule has 31 heavy (non-hydrogen) atoms. The zero-order valence-electron chi connectivity index (χ0n) is 18.3. The third-order valence-corrected chi connectivity index (χ3v) is 6.25. The third kappa shape index (κ3) is 6.58. The van der Waals surface area contributed by atoms with E-state index in [2.05, 4.69) is 53.6 Å². The smallest absolute Gasteiger partial charge is 0.220 e. The van der Waals surface area contributed by atoms with E-state index in [4.69, 9.17) is 11.6 Å². The van der Waals surface area contributed by atoms with Crippen LogP contribution in [0.4, 0.5) is 0 Å². The van der Waals surface area contributed by atoms with Gasteiger partial charge in [-0.3, -0.25) is 9.36 Å². The van der Waals surface area contributed by atoms with Crippen LogP contribution in [-0.4, -0.2) is 20.7 Å². The molecule has 0 saturated heterocycles. The molecule has 5 nitrogen and oxygen atoms in total. The van der Waals surface area contributed by atoms with Crippen molar-refractivity contribution < 1.29 is 4.79 Å². The Morgan fingerprint density at radius 1 is 1.13 bits per heavy atom. The number of rotatable bonds is 10. The summed E-state index contributed by atoms with van der Waals surface area (Å²) in [4.78, 5) is 12.2. The summed E-state index contributed by atoms with van der Waals surface area (Å²) in [6.45, 7) is 6.58. The Hall–Kier alpha value is -2.31. The second kappa shape index (κ2) is 11.3. The molecule has 3 aromatic rings. The van der Waals surface area contributed by atoms with Crippen LogP contribution in [0.3, 0.4) is 0 Å². The summed E-state index contributed by atoms with van der Waals surface area (Å²) in [5.41, 5.74) is 4.46. The molecule has 0 spiro atoms. The van der Waals surface area contributed by atoms with Crippen molar-refractivity contribution in [2.75, 3.05) is 0 Å². The van der Waals surface area contributed by atoms with Crippen molar-refractivity contribution >= 4 is 29.3 Å². The number of carbonyl (C=O) groups is 1. The minimum Gasteiger partial charge on any atom is -0.349 e. The first kappa shape index (κ1) is 23.4. The Morgan fingerprint density at radius 2 is 1.97 bits per heavy atom. The molecule has 0 radical (unpaired) electrons. The molecule has 1 heterocycles. The van der Waals surface area contributed by atoms with Gasteiger partial charge in [0.15, 0.2) is 11.0 Å². The van der Waals surface area contributed by atoms with Crippen molar-refractivity contribution in [3.05, 3.63) is 70.0 Å². The second-order valence-corrected chi connectivity index (χ2v) is 9.06. The molecule has 1 aromatic heterocycles. The Labute approximate surface area is 193 Å². The summed E-state index contributed by atoms with van der Waals surface area (Å²) in [7, 11) is 0. The quantitative estimate of drug-likeness (QED) is 0.299. The van der Waals surface area contributed by atoms with Crippen molar-refractivity contribution in [3.8, 4) is 5.69 Å². The van der Waals surface area contributed by atoms with Crippen molar-refractivity contribution in [2.24, 2.45) is 0 Å². The lowest BCUT2D eigenvalue weighted by atomic mass is 10.2. The highest BCUT2D eigenvalue weighted by atomic mass is 35.5. The molecule has 0 saturated carbocycles. The number of unbranched alkanes of at least 4 members (excludes halogenated alkanes) is 2. The SMILES string of the molecule is CCCCCC(=O)NCc1nnc(SCc2cccc(C)c2)n1-c1cc(Cl)ccc1C. The first-order valence-corrected chi connectivity index (χ1v) is 12.0. The molecular formula is C24H29ClN4OS. The van der Waals surface area contributed by atoms with Gasteiger partial charge in [0.1, 0.15) is 0 Å². The topological polar surface area (TPSA) is 59.8 Å². The molecule has 0 unspecified atom stereocenters. The summed E-state index contributed by atoms with van der Waals surface area (Å²) in [5, 5.41) is 13.3. The van der Waals surface area contributed by atoms with Gasteiger partial charge in [-0.05, 0) is 43.5 Å². The number of amides is 1. The van der Waals surface area contributed by atoms with Crippen LogP contribution in [0.25, 0.3) is 5.69 Å². The molecule has 1 amide bonds. The molecule has 0 atom stereocenters. The van der Waals surface area contributed by atoms with Crippen LogP contribution in [0.2, 0.25) is 5.02 Å². The molecular weight excluding hydrogens is 428 g/mol. The van der Waals surface area contributed by atoms with Crippen LogP contribution < -0.4 is 5.32 Å². The normalized spacial score (nSPS) is 11.0. The number of hydrogen-bond donors (Lipinski definition) is 1. The van der Waals surface area contributed by atoms with Crippen molar-refractivity contribution in [2.45, 2.75) is 63.9 Å². The van der Waals surface area contributed by atoms with E-state index in [1.807, 2.05) is 29.7 Å². The van der Waals surface area contributed by atoms with E-state index >= 15 is 0 Å². The molecule has 1 N–H and O–H groups in total. The zero-order valence-corrected chi connectivity index (χ0v) is 19.9. The highest BCUT2D eigenvalue weighted by molar-refractivity contribution is 7.98. The molecule has 0 aliphatic rings. The average Bonchev–Trinajstić information content (AvgIpc) is 3.15. The van der Waals surface area contributed by atoms with Crippen LogP contribution in [0.15, 0.2) is 47.6 Å². The number of aromatic nitrogens is 3. The number of carbonyl (C=O) groups excluding carboxylic acids is 1. The van der Waals surface area contributed by atoms with Gasteiger partial charge in [0, 0.05) is 17.2 Å². The summed E-state index contributed by atoms with van der Waals surface area (Å²) < 4.78 is 2.01. The molecule has 2 aromatic carbocycles. The number of halogens is 1. The largest absolute Gasteiger partial charge is 0.349 e. The summed E-state index contributed by atoms with van der Waals surface area (Å²) in [5.74, 6) is 1.52. The maximum Gasteiger partial charge on any atom is 0.220 e. The summed E-state index contributed by atoms with van der Waals surface area (Å²) in [6, 6.07) is 14.2. The van der Waals surface area contributed by atoms with E-state index in [0.29, 0.717) is 23.8 Å². The maximum absolute atomic E-state index is 12.2. The third-order valence-electron chi connectivity index (χ3n) is 5.01. The van der Waals surface area contributed by atoms with E-state index in [-0.39, 0.29) is 5.91 Å². The fourth-order valence-corrected chi connectivity index (χ4v) is 4.40. The Kier molecular flexibility index (Phi) is 8.55. The lowest BCUT2D eigenvalue weighted by Gasteiger charge is -2.14. The Morgan fingerprint density at radius 3 is 2.74 bits per heavy atom. The lowest BCUT2D eigenvalue weighted by Crippen LogP contribution is -2.24. The van der Waals surface area contributed by atoms with Gasteiger partial charge in [0.05, 0.1) is 12.2 Å². The van der Waals surface area contributed by atoms with Gasteiger partial charge in [-0.25, -0.2) is 0 Å². The molecule has 7 heteroatoms. The molecule has 3 rings (SSSR count). The fourth-order valence-electron chi connectivity index (χ4n) is 3.33. The number of thioether (sulfide) groups is 1. The van der Waals surface area contributed by atoms with Crippen LogP contribution in [0, 0.1) is 13.8 Å². The van der Waals surface area contributed by atoms with Crippen molar-refractivity contribution in [1.82, 2.24) is 20.1 Å². The number of benzene rings is 2. The summed E-state index contributed by atoms with van der Waals surface area (Å²) >= 11 is 7.92. The number of aryl methyl sites for hydroxylation is 2. The highest BCUT2D eigenvalue weighted by Crippen LogP contribution is 2.28. The first-order chi connectivity index (χ1) is 15.0. The van der Waals surface area contributed by atoms with E-state index in [0.717, 1.165) is 41.4 Å². The number of nitrogens with one attached hydrogen (secondary N) is 1. The van der Waals surface area contributed by atoms with Gasteiger partial charge < -0.3 is 5.32 Å². The van der Waals surface area contributed by atoms with E-state index in [1.54, 1.807) is 11.8 Å². The average molecular weight is 457 g/mol. The molecule has 0 aliphatic carbocycles. The lowest BCUT2D eigenvalue weighted by molar-refractivity contribution is -0.121. The van der Waals surface area contributed by atoms with Crippen molar-refractivity contribution in [3.63, 3.8) is 0 Å². The molecule has 164 valence electrons. The predicted molar refractivity (Wildman–Crippen MR) is 128 cm³/mol. The Bertz CT molecular complexity index is 1030. The van der Waals surface area contributed by atoms with Crippen LogP contribution in [-0.2, 0) is 17.1 Å². The van der Waals surface area contributed by atoms with Gasteiger partial charge in [0.25, 0.3) is 0 Å². The number of hydrogen-bond acceptors (Lipinski definition) is 4. The Balaban J connectivity index is 1.83. The van der Waals surface area contributed by atoms with E-state index in [1.165, 1.54) is 11.1 Å². The molecule has 0 fully saturated rings. The monoisotopic (exact) mass is 456 g/mol. The van der Waals surface area contributed by atoms with Crippen LogP contribution in [0.5, 0.6) is 0 Å². The first-order valence-electron chi connectivity index (χ1n) is 10.6. The number of nitrogens with zero attached hydrogens (tertiary/aromatic N) is 3. The predicted octanol–water partition coefficient (Wildman–Crippen LogP) is 6.03. The van der Waals surface area contributed by atoms with E-state index in [9.17, 15) is 4.79 Å². The van der Waals surface area contributed by atoms with Gasteiger partial charge in [0.2, 0.25) is 5.91 Å². The maximum atomic E-state index is 12.2. The van der Waals surface area contributed by atoms with E-state index < -0.39 is 0 Å². The van der Waals surface area contributed by atoms with Gasteiger partial charge in [-0.1, -0.05) is 79.0 Å². The van der Waals surface area contributed by atoms with Crippen LogP contribution >= 0.6 is 23.4 Å². The second-order valence-electron chi connectivity index (χ2n) is 7.68. The van der Waals surface area contributed by atoms with Crippen LogP contribution in [0.1, 0.15) is 55.1 Å². The van der Waals surface area contributed by atoms with Crippen molar-refractivity contribution in [1.29, 1.82) is 0 Å². The highest BCUT2D eigenvalue weighted by Gasteiger charge is 2.17. The summed E-state index contributed by atoms with van der Waals surface area (Å²) in [6.07, 6.45) is 3.59. The minimum absolute atomic E-state index is 0.0415. The molecule has 0 aliphatic heterocycles.